The highest BCUT2D eigenvalue weighted by molar-refractivity contribution is 8.00. The van der Waals surface area contributed by atoms with Crippen LogP contribution in [0, 0.1) is 10.1 Å². The van der Waals surface area contributed by atoms with Gasteiger partial charge < -0.3 is 5.32 Å². The third kappa shape index (κ3) is 4.72. The van der Waals surface area contributed by atoms with Crippen LogP contribution in [0.3, 0.4) is 0 Å². The number of nitro benzene ring substituents is 1. The Hall–Kier alpha value is -3.47. The SMILES string of the molecule is CCCCc1cnc2c(c1SCC(=O)Nc1cccc([N+](=O)[O-])c1)c(=O)n(C)c(=O)n2C. The van der Waals surface area contributed by atoms with Gasteiger partial charge in [0.25, 0.3) is 11.2 Å². The molecule has 0 fully saturated rings. The molecule has 0 aliphatic carbocycles. The predicted molar refractivity (Wildman–Crippen MR) is 123 cm³/mol. The molecular formula is C21H23N5O5S. The van der Waals surface area contributed by atoms with Gasteiger partial charge in [0.05, 0.1) is 16.1 Å². The van der Waals surface area contributed by atoms with Gasteiger partial charge in [0.15, 0.2) is 0 Å². The zero-order valence-corrected chi connectivity index (χ0v) is 18.8. The summed E-state index contributed by atoms with van der Waals surface area (Å²) in [6.45, 7) is 2.05. The summed E-state index contributed by atoms with van der Waals surface area (Å²) >= 11 is 1.19. The van der Waals surface area contributed by atoms with Crippen LogP contribution in [0.25, 0.3) is 11.0 Å². The van der Waals surface area contributed by atoms with E-state index in [0.717, 1.165) is 23.0 Å². The minimum absolute atomic E-state index is 0.0209. The summed E-state index contributed by atoms with van der Waals surface area (Å²) in [5.41, 5.74) is 0.352. The summed E-state index contributed by atoms with van der Waals surface area (Å²) in [6, 6.07) is 5.68. The lowest BCUT2D eigenvalue weighted by atomic mass is 10.1. The highest BCUT2D eigenvalue weighted by Gasteiger charge is 2.19. The Morgan fingerprint density at radius 1 is 1.25 bits per heavy atom. The second-order valence-electron chi connectivity index (χ2n) is 7.26. The van der Waals surface area contributed by atoms with Gasteiger partial charge in [-0.05, 0) is 24.5 Å². The number of carbonyl (C=O) groups excluding carboxylic acids is 1. The number of carbonyl (C=O) groups is 1. The third-order valence-corrected chi connectivity index (χ3v) is 6.14. The number of nitrogens with one attached hydrogen (secondary N) is 1. The summed E-state index contributed by atoms with van der Waals surface area (Å²) < 4.78 is 2.34. The quantitative estimate of drug-likeness (QED) is 0.313. The number of hydrogen-bond acceptors (Lipinski definition) is 7. The van der Waals surface area contributed by atoms with Crippen molar-refractivity contribution in [2.45, 2.75) is 31.1 Å². The van der Waals surface area contributed by atoms with Crippen LogP contribution in [-0.4, -0.2) is 30.7 Å². The molecule has 10 nitrogen and oxygen atoms in total. The summed E-state index contributed by atoms with van der Waals surface area (Å²) in [5.74, 6) is -0.393. The van der Waals surface area contributed by atoms with E-state index < -0.39 is 16.2 Å². The lowest BCUT2D eigenvalue weighted by Gasteiger charge is -2.14. The van der Waals surface area contributed by atoms with Crippen LogP contribution in [-0.2, 0) is 25.3 Å². The number of thioether (sulfide) groups is 1. The molecule has 2 heterocycles. The number of benzene rings is 1. The van der Waals surface area contributed by atoms with Gasteiger partial charge >= 0.3 is 5.69 Å². The molecular weight excluding hydrogens is 434 g/mol. The Kier molecular flexibility index (Phi) is 7.08. The molecule has 0 atom stereocenters. The number of amides is 1. The smallest absolute Gasteiger partial charge is 0.325 e. The maximum absolute atomic E-state index is 12.9. The van der Waals surface area contributed by atoms with Gasteiger partial charge in [-0.1, -0.05) is 19.4 Å². The van der Waals surface area contributed by atoms with Gasteiger partial charge in [0.2, 0.25) is 5.91 Å². The molecule has 2 aromatic heterocycles. The van der Waals surface area contributed by atoms with E-state index in [1.165, 1.54) is 41.6 Å². The first-order chi connectivity index (χ1) is 15.2. The lowest BCUT2D eigenvalue weighted by Crippen LogP contribution is -2.37. The summed E-state index contributed by atoms with van der Waals surface area (Å²) in [6.07, 6.45) is 4.16. The number of pyridine rings is 1. The van der Waals surface area contributed by atoms with E-state index in [1.807, 2.05) is 0 Å². The van der Waals surface area contributed by atoms with E-state index in [1.54, 1.807) is 19.3 Å². The monoisotopic (exact) mass is 457 g/mol. The number of non-ortho nitro benzene ring substituents is 1. The fourth-order valence-electron chi connectivity index (χ4n) is 3.28. The van der Waals surface area contributed by atoms with Gasteiger partial charge in [-0.2, -0.15) is 0 Å². The summed E-state index contributed by atoms with van der Waals surface area (Å²) in [7, 11) is 2.96. The lowest BCUT2D eigenvalue weighted by molar-refractivity contribution is -0.384. The number of anilines is 1. The van der Waals surface area contributed by atoms with Crippen LogP contribution >= 0.6 is 11.8 Å². The molecule has 1 N–H and O–H groups in total. The molecule has 0 saturated heterocycles. The van der Waals surface area contributed by atoms with E-state index in [0.29, 0.717) is 22.4 Å². The van der Waals surface area contributed by atoms with Gasteiger partial charge in [-0.15, -0.1) is 11.8 Å². The molecule has 32 heavy (non-hydrogen) atoms. The zero-order chi connectivity index (χ0) is 23.4. The number of unbranched alkanes of at least 4 members (excludes halogenated alkanes) is 1. The van der Waals surface area contributed by atoms with Crippen LogP contribution in [0.5, 0.6) is 0 Å². The van der Waals surface area contributed by atoms with E-state index in [4.69, 9.17) is 0 Å². The fraction of sp³-hybridized carbons (Fsp3) is 0.333. The maximum atomic E-state index is 12.9. The molecule has 0 saturated carbocycles. The standard InChI is InChI=1S/C21H23N5O5S/c1-4-5-7-13-11-22-19-17(20(28)25(3)21(29)24(19)2)18(13)32-12-16(27)23-14-8-6-9-15(10-14)26(30)31/h6,8-11H,4-5,7,12H2,1-3H3,(H,23,27). The highest BCUT2D eigenvalue weighted by atomic mass is 32.2. The Labute approximate surface area is 187 Å². The van der Waals surface area contributed by atoms with Crippen LogP contribution in [0.2, 0.25) is 0 Å². The van der Waals surface area contributed by atoms with Crippen molar-refractivity contribution in [1.82, 2.24) is 14.1 Å². The van der Waals surface area contributed by atoms with Gasteiger partial charge in [-0.3, -0.25) is 28.8 Å². The number of aromatic nitrogens is 3. The predicted octanol–water partition coefficient (Wildman–Crippen LogP) is 2.61. The normalized spacial score (nSPS) is 11.0. The highest BCUT2D eigenvalue weighted by Crippen LogP contribution is 2.29. The molecule has 1 aromatic carbocycles. The minimum atomic E-state index is -0.534. The molecule has 0 aliphatic rings. The molecule has 0 spiro atoms. The minimum Gasteiger partial charge on any atom is -0.325 e. The first kappa shape index (κ1) is 23.2. The first-order valence-corrected chi connectivity index (χ1v) is 11.0. The number of hydrogen-bond donors (Lipinski definition) is 1. The van der Waals surface area contributed by atoms with Gasteiger partial charge in [-0.25, -0.2) is 9.78 Å². The molecule has 0 bridgehead atoms. The molecule has 11 heteroatoms. The molecule has 1 amide bonds. The fourth-order valence-corrected chi connectivity index (χ4v) is 4.29. The molecule has 168 valence electrons. The third-order valence-electron chi connectivity index (χ3n) is 4.98. The van der Waals surface area contributed by atoms with Crippen molar-refractivity contribution in [3.8, 4) is 0 Å². The van der Waals surface area contributed by atoms with Crippen LogP contribution in [0.1, 0.15) is 25.3 Å². The average Bonchev–Trinajstić information content (AvgIpc) is 2.78. The van der Waals surface area contributed by atoms with E-state index in [9.17, 15) is 24.5 Å². The molecule has 0 radical (unpaired) electrons. The van der Waals surface area contributed by atoms with Crippen molar-refractivity contribution in [3.63, 3.8) is 0 Å². The largest absolute Gasteiger partial charge is 0.332 e. The molecule has 3 aromatic rings. The van der Waals surface area contributed by atoms with Crippen LogP contribution < -0.4 is 16.6 Å². The van der Waals surface area contributed by atoms with E-state index in [2.05, 4.69) is 17.2 Å². The number of nitrogens with zero attached hydrogens (tertiary/aromatic N) is 4. The maximum Gasteiger partial charge on any atom is 0.332 e. The number of fused-ring (bicyclic) bond motifs is 1. The topological polar surface area (TPSA) is 129 Å². The second kappa shape index (κ2) is 9.77. The van der Waals surface area contributed by atoms with Crippen molar-refractivity contribution < 1.29 is 9.72 Å². The van der Waals surface area contributed by atoms with Crippen molar-refractivity contribution in [3.05, 3.63) is 67.0 Å². The Morgan fingerprint density at radius 2 is 2.00 bits per heavy atom. The summed E-state index contributed by atoms with van der Waals surface area (Å²) in [4.78, 5) is 53.1. The van der Waals surface area contributed by atoms with Crippen LogP contribution in [0.4, 0.5) is 11.4 Å². The van der Waals surface area contributed by atoms with Gasteiger partial charge in [0, 0.05) is 43.0 Å². The molecule has 0 unspecified atom stereocenters. The molecule has 0 aliphatic heterocycles. The zero-order valence-electron chi connectivity index (χ0n) is 18.0. The average molecular weight is 458 g/mol. The van der Waals surface area contributed by atoms with Gasteiger partial charge in [0.1, 0.15) is 5.65 Å². The number of rotatable bonds is 8. The summed E-state index contributed by atoms with van der Waals surface area (Å²) in [5, 5.41) is 13.9. The van der Waals surface area contributed by atoms with E-state index in [-0.39, 0.29) is 23.0 Å². The van der Waals surface area contributed by atoms with Crippen molar-refractivity contribution in [2.24, 2.45) is 14.1 Å². The Morgan fingerprint density at radius 3 is 2.69 bits per heavy atom. The second-order valence-corrected chi connectivity index (χ2v) is 8.25. The van der Waals surface area contributed by atoms with Crippen LogP contribution in [0.15, 0.2) is 44.9 Å². The number of nitro groups is 1. The first-order valence-electron chi connectivity index (χ1n) is 9.99. The van der Waals surface area contributed by atoms with Crippen molar-refractivity contribution >= 4 is 40.1 Å². The number of aryl methyl sites for hydroxylation is 2. The van der Waals surface area contributed by atoms with Crippen molar-refractivity contribution in [1.29, 1.82) is 0 Å². The Balaban J connectivity index is 1.95. The molecule has 3 rings (SSSR count). The van der Waals surface area contributed by atoms with E-state index >= 15 is 0 Å². The van der Waals surface area contributed by atoms with Crippen molar-refractivity contribution in [2.75, 3.05) is 11.1 Å². The Bertz CT molecular complexity index is 1310.